The SMILES string of the molecule is Cc1nnc2ccc(C(=O)N(C3CC3)[C@H](C)c3ccccc3F)cn12. The van der Waals surface area contributed by atoms with Crippen LogP contribution in [0.25, 0.3) is 5.65 Å². The Labute approximate surface area is 145 Å². The van der Waals surface area contributed by atoms with Gasteiger partial charge in [-0.05, 0) is 44.9 Å². The zero-order valence-corrected chi connectivity index (χ0v) is 14.2. The molecule has 3 aromatic rings. The Kier molecular flexibility index (Phi) is 3.75. The van der Waals surface area contributed by atoms with Gasteiger partial charge in [-0.25, -0.2) is 4.39 Å². The minimum Gasteiger partial charge on any atom is -0.329 e. The predicted octanol–water partition coefficient (Wildman–Crippen LogP) is 3.54. The van der Waals surface area contributed by atoms with E-state index in [0.29, 0.717) is 16.8 Å². The van der Waals surface area contributed by atoms with Crippen molar-refractivity contribution < 1.29 is 9.18 Å². The van der Waals surface area contributed by atoms with Gasteiger partial charge in [0.1, 0.15) is 11.6 Å². The van der Waals surface area contributed by atoms with E-state index < -0.39 is 0 Å². The maximum Gasteiger partial charge on any atom is 0.256 e. The van der Waals surface area contributed by atoms with E-state index in [9.17, 15) is 9.18 Å². The molecule has 1 atom stereocenters. The fraction of sp³-hybridized carbons (Fsp3) is 0.316. The van der Waals surface area contributed by atoms with Crippen LogP contribution in [0.1, 0.15) is 47.6 Å². The van der Waals surface area contributed by atoms with E-state index in [1.165, 1.54) is 6.07 Å². The lowest BCUT2D eigenvalue weighted by Gasteiger charge is -2.30. The number of rotatable bonds is 4. The minimum absolute atomic E-state index is 0.0896. The van der Waals surface area contributed by atoms with E-state index >= 15 is 0 Å². The van der Waals surface area contributed by atoms with Crippen LogP contribution in [-0.4, -0.2) is 31.4 Å². The second-order valence-corrected chi connectivity index (χ2v) is 6.53. The van der Waals surface area contributed by atoms with Crippen molar-refractivity contribution in [3.05, 3.63) is 65.4 Å². The zero-order chi connectivity index (χ0) is 17.6. The predicted molar refractivity (Wildman–Crippen MR) is 91.7 cm³/mol. The first-order valence-electron chi connectivity index (χ1n) is 8.44. The zero-order valence-electron chi connectivity index (χ0n) is 14.2. The average Bonchev–Trinajstić information content (AvgIpc) is 3.38. The molecule has 25 heavy (non-hydrogen) atoms. The van der Waals surface area contributed by atoms with Gasteiger partial charge in [0, 0.05) is 17.8 Å². The van der Waals surface area contributed by atoms with Gasteiger partial charge in [-0.15, -0.1) is 10.2 Å². The summed E-state index contributed by atoms with van der Waals surface area (Å²) in [6.07, 6.45) is 3.67. The Bertz CT molecular complexity index is 948. The molecule has 0 saturated heterocycles. The Morgan fingerprint density at radius 3 is 2.72 bits per heavy atom. The smallest absolute Gasteiger partial charge is 0.256 e. The first-order chi connectivity index (χ1) is 12.1. The summed E-state index contributed by atoms with van der Waals surface area (Å²) in [4.78, 5) is 15.0. The number of hydrogen-bond donors (Lipinski definition) is 0. The van der Waals surface area contributed by atoms with Crippen LogP contribution in [0, 0.1) is 12.7 Å². The average molecular weight is 338 g/mol. The molecule has 128 valence electrons. The number of fused-ring (bicyclic) bond motifs is 1. The van der Waals surface area contributed by atoms with Crippen LogP contribution >= 0.6 is 0 Å². The number of aryl methyl sites for hydroxylation is 1. The van der Waals surface area contributed by atoms with Crippen LogP contribution in [0.3, 0.4) is 0 Å². The lowest BCUT2D eigenvalue weighted by molar-refractivity contribution is 0.0670. The van der Waals surface area contributed by atoms with Crippen LogP contribution in [-0.2, 0) is 0 Å². The summed E-state index contributed by atoms with van der Waals surface area (Å²) in [5.41, 5.74) is 1.81. The summed E-state index contributed by atoms with van der Waals surface area (Å²) in [6, 6.07) is 10.0. The number of nitrogens with zero attached hydrogens (tertiary/aromatic N) is 4. The molecular formula is C19H19FN4O. The van der Waals surface area contributed by atoms with Crippen LogP contribution < -0.4 is 0 Å². The second kappa shape index (κ2) is 5.95. The van der Waals surface area contributed by atoms with Crippen LogP contribution in [0.15, 0.2) is 42.6 Å². The van der Waals surface area contributed by atoms with Crippen LogP contribution in [0.4, 0.5) is 4.39 Å². The lowest BCUT2D eigenvalue weighted by Crippen LogP contribution is -2.36. The van der Waals surface area contributed by atoms with Crippen molar-refractivity contribution in [2.24, 2.45) is 0 Å². The quantitative estimate of drug-likeness (QED) is 0.731. The fourth-order valence-electron chi connectivity index (χ4n) is 3.26. The van der Waals surface area contributed by atoms with Crippen molar-refractivity contribution in [1.29, 1.82) is 0 Å². The summed E-state index contributed by atoms with van der Waals surface area (Å²) in [5, 5.41) is 8.07. The van der Waals surface area contributed by atoms with Gasteiger partial charge in [0.05, 0.1) is 11.6 Å². The third-order valence-corrected chi connectivity index (χ3v) is 4.77. The van der Waals surface area contributed by atoms with Gasteiger partial charge < -0.3 is 4.90 Å². The molecule has 0 N–H and O–H groups in total. The first kappa shape index (κ1) is 15.7. The molecule has 5 nitrogen and oxygen atoms in total. The molecule has 1 aliphatic carbocycles. The summed E-state index contributed by atoms with van der Waals surface area (Å²) >= 11 is 0. The van der Waals surface area contributed by atoms with Gasteiger partial charge in [-0.2, -0.15) is 0 Å². The highest BCUT2D eigenvalue weighted by molar-refractivity contribution is 5.95. The van der Waals surface area contributed by atoms with Gasteiger partial charge in [0.15, 0.2) is 5.65 Å². The topological polar surface area (TPSA) is 50.5 Å². The molecule has 0 unspecified atom stereocenters. The number of carbonyl (C=O) groups excluding carboxylic acids is 1. The fourth-order valence-corrected chi connectivity index (χ4v) is 3.26. The number of benzene rings is 1. The maximum atomic E-state index is 14.2. The number of carbonyl (C=O) groups is 1. The Balaban J connectivity index is 1.71. The molecule has 6 heteroatoms. The molecule has 1 aliphatic rings. The van der Waals surface area contributed by atoms with E-state index in [2.05, 4.69) is 10.2 Å². The minimum atomic E-state index is -0.320. The summed E-state index contributed by atoms with van der Waals surface area (Å²) in [6.45, 7) is 3.73. The normalized spacial score (nSPS) is 15.3. The number of hydrogen-bond acceptors (Lipinski definition) is 3. The highest BCUT2D eigenvalue weighted by atomic mass is 19.1. The molecule has 1 aromatic carbocycles. The molecule has 1 saturated carbocycles. The van der Waals surface area contributed by atoms with Gasteiger partial charge >= 0.3 is 0 Å². The third kappa shape index (κ3) is 2.77. The van der Waals surface area contributed by atoms with Crippen molar-refractivity contribution >= 4 is 11.6 Å². The monoisotopic (exact) mass is 338 g/mol. The van der Waals surface area contributed by atoms with Crippen molar-refractivity contribution in [1.82, 2.24) is 19.5 Å². The molecule has 2 aromatic heterocycles. The van der Waals surface area contributed by atoms with Crippen molar-refractivity contribution in [2.75, 3.05) is 0 Å². The number of aromatic nitrogens is 3. The molecular weight excluding hydrogens is 319 g/mol. The van der Waals surface area contributed by atoms with Gasteiger partial charge in [0.25, 0.3) is 5.91 Å². The maximum absolute atomic E-state index is 14.2. The Morgan fingerprint density at radius 1 is 1.24 bits per heavy atom. The molecule has 0 spiro atoms. The van der Waals surface area contributed by atoms with Crippen molar-refractivity contribution in [3.63, 3.8) is 0 Å². The number of pyridine rings is 1. The van der Waals surface area contributed by atoms with E-state index in [0.717, 1.165) is 18.7 Å². The van der Waals surface area contributed by atoms with Crippen molar-refractivity contribution in [3.8, 4) is 0 Å². The summed E-state index contributed by atoms with van der Waals surface area (Å²) in [7, 11) is 0. The van der Waals surface area contributed by atoms with E-state index in [4.69, 9.17) is 0 Å². The third-order valence-electron chi connectivity index (χ3n) is 4.77. The Morgan fingerprint density at radius 2 is 2.00 bits per heavy atom. The second-order valence-electron chi connectivity index (χ2n) is 6.53. The molecule has 2 heterocycles. The van der Waals surface area contributed by atoms with Gasteiger partial charge in [-0.1, -0.05) is 18.2 Å². The van der Waals surface area contributed by atoms with Crippen LogP contribution in [0.5, 0.6) is 0 Å². The first-order valence-corrected chi connectivity index (χ1v) is 8.44. The van der Waals surface area contributed by atoms with E-state index in [-0.39, 0.29) is 23.8 Å². The lowest BCUT2D eigenvalue weighted by atomic mass is 10.0. The highest BCUT2D eigenvalue weighted by Crippen LogP contribution is 2.36. The van der Waals surface area contributed by atoms with Gasteiger partial charge in [0.2, 0.25) is 0 Å². The number of halogens is 1. The molecule has 1 amide bonds. The van der Waals surface area contributed by atoms with E-state index in [1.807, 2.05) is 13.8 Å². The summed E-state index contributed by atoms with van der Waals surface area (Å²) < 4.78 is 16.0. The van der Waals surface area contributed by atoms with Crippen molar-refractivity contribution in [2.45, 2.75) is 38.8 Å². The molecule has 4 rings (SSSR count). The molecule has 1 fully saturated rings. The van der Waals surface area contributed by atoms with Gasteiger partial charge in [-0.3, -0.25) is 9.20 Å². The Hall–Kier alpha value is -2.76. The highest BCUT2D eigenvalue weighted by Gasteiger charge is 2.37. The summed E-state index contributed by atoms with van der Waals surface area (Å²) in [5.74, 6) is 0.358. The largest absolute Gasteiger partial charge is 0.329 e. The molecule has 0 aliphatic heterocycles. The van der Waals surface area contributed by atoms with E-state index in [1.54, 1.807) is 45.8 Å². The van der Waals surface area contributed by atoms with Crippen LogP contribution in [0.2, 0.25) is 0 Å². The standard InChI is InChI=1S/C19H19FN4O/c1-12(16-5-3-4-6-17(16)20)24(15-8-9-15)19(25)14-7-10-18-22-21-13(2)23(18)11-14/h3-7,10-12,15H,8-9H2,1-2H3/t12-/m1/s1. The number of amides is 1. The molecule has 0 bridgehead atoms. The molecule has 0 radical (unpaired) electrons.